The number of nitrogen functional groups attached to an aromatic ring is 1. The van der Waals surface area contributed by atoms with Gasteiger partial charge in [0.2, 0.25) is 10.3 Å². The van der Waals surface area contributed by atoms with E-state index < -0.39 is 0 Å². The summed E-state index contributed by atoms with van der Waals surface area (Å²) >= 11 is 1.37. The molecule has 3 N–H and O–H groups in total. The molecule has 0 aromatic carbocycles. The molecule has 1 unspecified atom stereocenters. The number of anilines is 3. The zero-order valence-electron chi connectivity index (χ0n) is 9.65. The average molecular weight is 263 g/mol. The SMILES string of the molecule is Nc1nnc(NC2CCN(c3cccnn3)C2)s1. The predicted octanol–water partition coefficient (Wildman–Crippen LogP) is 0.601. The van der Waals surface area contributed by atoms with Crippen LogP contribution in [0.2, 0.25) is 0 Å². The molecule has 0 bridgehead atoms. The van der Waals surface area contributed by atoms with Gasteiger partial charge in [-0.1, -0.05) is 11.3 Å². The molecule has 2 aromatic rings. The van der Waals surface area contributed by atoms with Crippen molar-refractivity contribution < 1.29 is 0 Å². The Morgan fingerprint density at radius 3 is 3.06 bits per heavy atom. The maximum Gasteiger partial charge on any atom is 0.207 e. The zero-order chi connectivity index (χ0) is 12.4. The van der Waals surface area contributed by atoms with Gasteiger partial charge in [0.05, 0.1) is 0 Å². The standard InChI is InChI=1S/C10H13N7S/c11-9-15-16-10(18-9)13-7-3-5-17(6-7)8-2-1-4-12-14-8/h1-2,4,7H,3,5-6H2,(H2,11,15)(H,13,16). The lowest BCUT2D eigenvalue weighted by atomic mass is 10.3. The highest BCUT2D eigenvalue weighted by molar-refractivity contribution is 7.18. The Labute approximate surface area is 108 Å². The van der Waals surface area contributed by atoms with Gasteiger partial charge in [-0.15, -0.1) is 15.3 Å². The summed E-state index contributed by atoms with van der Waals surface area (Å²) in [7, 11) is 0. The second kappa shape index (κ2) is 4.73. The fourth-order valence-electron chi connectivity index (χ4n) is 2.02. The van der Waals surface area contributed by atoms with Gasteiger partial charge in [0.25, 0.3) is 0 Å². The quantitative estimate of drug-likeness (QED) is 0.837. The number of nitrogens with two attached hydrogens (primary N) is 1. The molecule has 0 radical (unpaired) electrons. The molecule has 3 heterocycles. The van der Waals surface area contributed by atoms with E-state index in [1.807, 2.05) is 12.1 Å². The molecule has 7 nitrogen and oxygen atoms in total. The maximum atomic E-state index is 5.55. The Morgan fingerprint density at radius 2 is 2.33 bits per heavy atom. The van der Waals surface area contributed by atoms with Crippen molar-refractivity contribution in [2.45, 2.75) is 12.5 Å². The smallest absolute Gasteiger partial charge is 0.207 e. The molecule has 0 spiro atoms. The van der Waals surface area contributed by atoms with E-state index in [1.54, 1.807) is 6.20 Å². The summed E-state index contributed by atoms with van der Waals surface area (Å²) in [5, 5.41) is 20.3. The van der Waals surface area contributed by atoms with Crippen molar-refractivity contribution in [2.24, 2.45) is 0 Å². The van der Waals surface area contributed by atoms with Gasteiger partial charge in [-0.25, -0.2) is 0 Å². The van der Waals surface area contributed by atoms with Gasteiger partial charge in [0.15, 0.2) is 5.82 Å². The molecular weight excluding hydrogens is 250 g/mol. The van der Waals surface area contributed by atoms with Gasteiger partial charge in [-0.05, 0) is 18.6 Å². The van der Waals surface area contributed by atoms with E-state index in [4.69, 9.17) is 5.73 Å². The highest BCUT2D eigenvalue weighted by Crippen LogP contribution is 2.22. The molecular formula is C10H13N7S. The average Bonchev–Trinajstić information content (AvgIpc) is 3.01. The summed E-state index contributed by atoms with van der Waals surface area (Å²) in [5.74, 6) is 0.915. The Bertz CT molecular complexity index is 514. The normalized spacial score (nSPS) is 19.1. The van der Waals surface area contributed by atoms with Crippen LogP contribution in [-0.2, 0) is 0 Å². The Kier molecular flexibility index (Phi) is 2.93. The van der Waals surface area contributed by atoms with Gasteiger partial charge in [0, 0.05) is 25.3 Å². The molecule has 0 aliphatic carbocycles. The summed E-state index contributed by atoms with van der Waals surface area (Å²) in [5.41, 5.74) is 5.55. The van der Waals surface area contributed by atoms with Crippen LogP contribution in [0.5, 0.6) is 0 Å². The molecule has 1 atom stereocenters. The minimum absolute atomic E-state index is 0.347. The lowest BCUT2D eigenvalue weighted by Crippen LogP contribution is -2.26. The van der Waals surface area contributed by atoms with Crippen LogP contribution in [0.25, 0.3) is 0 Å². The first-order chi connectivity index (χ1) is 8.81. The first kappa shape index (κ1) is 11.1. The van der Waals surface area contributed by atoms with Crippen molar-refractivity contribution in [1.82, 2.24) is 20.4 Å². The second-order valence-electron chi connectivity index (χ2n) is 4.10. The van der Waals surface area contributed by atoms with Gasteiger partial charge < -0.3 is 16.0 Å². The van der Waals surface area contributed by atoms with Crippen LogP contribution in [0.1, 0.15) is 6.42 Å². The number of hydrogen-bond donors (Lipinski definition) is 2. The van der Waals surface area contributed by atoms with Crippen LogP contribution in [0.15, 0.2) is 18.3 Å². The molecule has 3 rings (SSSR count). The van der Waals surface area contributed by atoms with Crippen LogP contribution in [-0.4, -0.2) is 39.5 Å². The maximum absolute atomic E-state index is 5.55. The Hall–Kier alpha value is -1.96. The summed E-state index contributed by atoms with van der Waals surface area (Å²) in [6.07, 6.45) is 2.72. The molecule has 1 aliphatic heterocycles. The molecule has 0 amide bonds. The lowest BCUT2D eigenvalue weighted by molar-refractivity contribution is 0.799. The first-order valence-corrected chi connectivity index (χ1v) is 6.51. The van der Waals surface area contributed by atoms with Crippen molar-refractivity contribution in [1.29, 1.82) is 0 Å². The summed E-state index contributed by atoms with van der Waals surface area (Å²) < 4.78 is 0. The van der Waals surface area contributed by atoms with Crippen molar-refractivity contribution in [3.8, 4) is 0 Å². The molecule has 1 aliphatic rings. The van der Waals surface area contributed by atoms with E-state index in [0.717, 1.165) is 30.5 Å². The zero-order valence-corrected chi connectivity index (χ0v) is 10.5. The van der Waals surface area contributed by atoms with E-state index in [-0.39, 0.29) is 0 Å². The summed E-state index contributed by atoms with van der Waals surface area (Å²) in [6.45, 7) is 1.85. The van der Waals surface area contributed by atoms with Crippen LogP contribution in [0, 0.1) is 0 Å². The number of nitrogens with one attached hydrogen (secondary N) is 1. The molecule has 1 fully saturated rings. The predicted molar refractivity (Wildman–Crippen MR) is 70.6 cm³/mol. The molecule has 0 saturated carbocycles. The van der Waals surface area contributed by atoms with E-state index in [2.05, 4.69) is 30.6 Å². The van der Waals surface area contributed by atoms with Gasteiger partial charge in [-0.3, -0.25) is 0 Å². The number of aromatic nitrogens is 4. The fraction of sp³-hybridized carbons (Fsp3) is 0.400. The largest absolute Gasteiger partial charge is 0.374 e. The Balaban J connectivity index is 1.62. The van der Waals surface area contributed by atoms with Crippen LogP contribution in [0.4, 0.5) is 16.1 Å². The molecule has 2 aromatic heterocycles. The van der Waals surface area contributed by atoms with Crippen molar-refractivity contribution >= 4 is 27.4 Å². The second-order valence-corrected chi connectivity index (χ2v) is 5.11. The minimum Gasteiger partial charge on any atom is -0.374 e. The van der Waals surface area contributed by atoms with Gasteiger partial charge in [-0.2, -0.15) is 5.10 Å². The first-order valence-electron chi connectivity index (χ1n) is 5.69. The van der Waals surface area contributed by atoms with E-state index >= 15 is 0 Å². The molecule has 18 heavy (non-hydrogen) atoms. The summed E-state index contributed by atoms with van der Waals surface area (Å²) in [4.78, 5) is 2.20. The lowest BCUT2D eigenvalue weighted by Gasteiger charge is -2.16. The molecule has 1 saturated heterocycles. The van der Waals surface area contributed by atoms with Crippen LogP contribution >= 0.6 is 11.3 Å². The van der Waals surface area contributed by atoms with E-state index in [9.17, 15) is 0 Å². The highest BCUT2D eigenvalue weighted by Gasteiger charge is 2.24. The van der Waals surface area contributed by atoms with E-state index in [1.165, 1.54) is 11.3 Å². The monoisotopic (exact) mass is 263 g/mol. The van der Waals surface area contributed by atoms with E-state index in [0.29, 0.717) is 11.2 Å². The minimum atomic E-state index is 0.347. The van der Waals surface area contributed by atoms with Crippen molar-refractivity contribution in [3.63, 3.8) is 0 Å². The van der Waals surface area contributed by atoms with Gasteiger partial charge >= 0.3 is 0 Å². The fourth-order valence-corrected chi connectivity index (χ4v) is 2.60. The third kappa shape index (κ3) is 2.33. The Morgan fingerprint density at radius 1 is 1.39 bits per heavy atom. The highest BCUT2D eigenvalue weighted by atomic mass is 32.1. The topological polar surface area (TPSA) is 92.8 Å². The third-order valence-electron chi connectivity index (χ3n) is 2.84. The third-order valence-corrected chi connectivity index (χ3v) is 3.52. The van der Waals surface area contributed by atoms with Crippen LogP contribution in [0.3, 0.4) is 0 Å². The van der Waals surface area contributed by atoms with Crippen LogP contribution < -0.4 is 16.0 Å². The molecule has 8 heteroatoms. The molecule has 94 valence electrons. The van der Waals surface area contributed by atoms with Crippen molar-refractivity contribution in [3.05, 3.63) is 18.3 Å². The van der Waals surface area contributed by atoms with Crippen molar-refractivity contribution in [2.75, 3.05) is 29.0 Å². The number of hydrogen-bond acceptors (Lipinski definition) is 8. The summed E-state index contributed by atoms with van der Waals surface area (Å²) in [6, 6.07) is 4.21. The number of nitrogens with zero attached hydrogens (tertiary/aromatic N) is 5. The number of rotatable bonds is 3. The van der Waals surface area contributed by atoms with Gasteiger partial charge in [0.1, 0.15) is 0 Å².